The number of aromatic nitrogens is 1. The molecule has 0 spiro atoms. The average Bonchev–Trinajstić information content (AvgIpc) is 2.84. The van der Waals surface area contributed by atoms with Crippen LogP contribution in [0.4, 0.5) is 5.69 Å². The Bertz CT molecular complexity index is 1290. The molecule has 0 aliphatic rings. The number of benzene rings is 3. The minimum absolute atomic E-state index is 0.250. The number of hydrogen-bond donors (Lipinski definition) is 1. The van der Waals surface area contributed by atoms with E-state index >= 15 is 0 Å². The zero-order chi connectivity index (χ0) is 24.1. The van der Waals surface area contributed by atoms with Gasteiger partial charge in [-0.05, 0) is 55.7 Å². The number of esters is 1. The normalized spacial score (nSPS) is 11.0. The van der Waals surface area contributed by atoms with Crippen LogP contribution in [0, 0.1) is 0 Å². The average molecular weight is 451 g/mol. The minimum atomic E-state index is -0.661. The fraction of sp³-hybridized carbons (Fsp3) is 0.138. The van der Waals surface area contributed by atoms with Gasteiger partial charge in [0.25, 0.3) is 5.91 Å². The van der Waals surface area contributed by atoms with Crippen molar-refractivity contribution in [3.8, 4) is 22.3 Å². The van der Waals surface area contributed by atoms with E-state index in [-0.39, 0.29) is 11.3 Å². The van der Waals surface area contributed by atoms with Gasteiger partial charge in [0, 0.05) is 11.8 Å². The number of hydrogen-bond acceptors (Lipinski definition) is 4. The van der Waals surface area contributed by atoms with Crippen LogP contribution in [0.3, 0.4) is 0 Å². The highest BCUT2D eigenvalue weighted by molar-refractivity contribution is 6.07. The molecule has 1 aromatic heterocycles. The highest BCUT2D eigenvalue weighted by atomic mass is 16.6. The molecule has 4 aromatic rings. The summed E-state index contributed by atoms with van der Waals surface area (Å²) in [6.45, 7) is 5.42. The second-order valence-corrected chi connectivity index (χ2v) is 8.88. The van der Waals surface area contributed by atoms with Crippen LogP contribution in [0.1, 0.15) is 41.6 Å². The first-order chi connectivity index (χ1) is 16.3. The van der Waals surface area contributed by atoms with Gasteiger partial charge in [0.15, 0.2) is 0 Å². The van der Waals surface area contributed by atoms with Gasteiger partial charge in [-0.1, -0.05) is 72.8 Å². The molecule has 3 aromatic carbocycles. The van der Waals surface area contributed by atoms with Crippen molar-refractivity contribution in [3.05, 3.63) is 108 Å². The van der Waals surface area contributed by atoms with E-state index in [9.17, 15) is 9.59 Å². The zero-order valence-corrected chi connectivity index (χ0v) is 19.4. The molecule has 1 heterocycles. The lowest BCUT2D eigenvalue weighted by atomic mass is 10.0. The molecule has 34 heavy (non-hydrogen) atoms. The van der Waals surface area contributed by atoms with Gasteiger partial charge in [-0.15, -0.1) is 0 Å². The molecule has 0 aliphatic heterocycles. The predicted molar refractivity (Wildman–Crippen MR) is 135 cm³/mol. The van der Waals surface area contributed by atoms with Gasteiger partial charge in [0.05, 0.1) is 11.3 Å². The molecule has 0 bridgehead atoms. The minimum Gasteiger partial charge on any atom is -0.456 e. The van der Waals surface area contributed by atoms with Crippen LogP contribution in [0.2, 0.25) is 0 Å². The second-order valence-electron chi connectivity index (χ2n) is 8.88. The number of nitrogens with one attached hydrogen (secondary N) is 1. The monoisotopic (exact) mass is 450 g/mol. The molecule has 1 N–H and O–H groups in total. The van der Waals surface area contributed by atoms with Crippen molar-refractivity contribution in [2.24, 2.45) is 0 Å². The number of rotatable bonds is 5. The summed E-state index contributed by atoms with van der Waals surface area (Å²) in [5.74, 6) is -0.913. The molecular formula is C29H26N2O3. The van der Waals surface area contributed by atoms with E-state index < -0.39 is 17.5 Å². The fourth-order valence-corrected chi connectivity index (χ4v) is 3.48. The van der Waals surface area contributed by atoms with E-state index in [0.717, 1.165) is 22.3 Å². The van der Waals surface area contributed by atoms with Crippen molar-refractivity contribution < 1.29 is 14.3 Å². The number of carbonyl (C=O) groups is 2. The molecule has 170 valence electrons. The van der Waals surface area contributed by atoms with Crippen LogP contribution < -0.4 is 5.32 Å². The third-order valence-corrected chi connectivity index (χ3v) is 5.10. The SMILES string of the molecule is CC(C)(C)OC(=O)c1ccc(-c2ccccc2)cc1NC(=O)c1ccc(-c2ccccc2)cn1. The zero-order valence-electron chi connectivity index (χ0n) is 19.4. The first kappa shape index (κ1) is 22.9. The molecule has 1 amide bonds. The van der Waals surface area contributed by atoms with Crippen molar-refractivity contribution >= 4 is 17.6 Å². The van der Waals surface area contributed by atoms with E-state index in [1.54, 1.807) is 45.2 Å². The molecule has 0 saturated carbocycles. The Kier molecular flexibility index (Phi) is 6.55. The van der Waals surface area contributed by atoms with Crippen LogP contribution in [0.5, 0.6) is 0 Å². The van der Waals surface area contributed by atoms with Crippen LogP contribution in [-0.4, -0.2) is 22.5 Å². The van der Waals surface area contributed by atoms with E-state index in [1.807, 2.05) is 72.8 Å². The van der Waals surface area contributed by atoms with Gasteiger partial charge in [0.1, 0.15) is 11.3 Å². The summed E-state index contributed by atoms with van der Waals surface area (Å²) in [7, 11) is 0. The first-order valence-corrected chi connectivity index (χ1v) is 11.1. The van der Waals surface area contributed by atoms with E-state index in [1.165, 1.54) is 0 Å². The van der Waals surface area contributed by atoms with E-state index in [4.69, 9.17) is 4.74 Å². The molecular weight excluding hydrogens is 424 g/mol. The predicted octanol–water partition coefficient (Wildman–Crippen LogP) is 6.62. The lowest BCUT2D eigenvalue weighted by Gasteiger charge is -2.21. The van der Waals surface area contributed by atoms with Gasteiger partial charge in [-0.3, -0.25) is 9.78 Å². The van der Waals surface area contributed by atoms with Gasteiger partial charge in [0.2, 0.25) is 0 Å². The van der Waals surface area contributed by atoms with Crippen LogP contribution in [-0.2, 0) is 4.74 Å². The topological polar surface area (TPSA) is 68.3 Å². The van der Waals surface area contributed by atoms with Gasteiger partial charge < -0.3 is 10.1 Å². The maximum atomic E-state index is 13.0. The molecule has 5 heteroatoms. The summed E-state index contributed by atoms with van der Waals surface area (Å²) in [5.41, 5.74) is 4.01. The smallest absolute Gasteiger partial charge is 0.340 e. The molecule has 0 atom stereocenters. The Morgan fingerprint density at radius 1 is 0.735 bits per heavy atom. The van der Waals surface area contributed by atoms with Crippen molar-refractivity contribution in [1.82, 2.24) is 4.98 Å². The second kappa shape index (κ2) is 9.71. The summed E-state index contributed by atoms with van der Waals surface area (Å²) in [5, 5.41) is 2.86. The summed E-state index contributed by atoms with van der Waals surface area (Å²) in [6, 6.07) is 28.4. The largest absolute Gasteiger partial charge is 0.456 e. The Morgan fingerprint density at radius 2 is 1.32 bits per heavy atom. The van der Waals surface area contributed by atoms with Crippen molar-refractivity contribution in [3.63, 3.8) is 0 Å². The number of carbonyl (C=O) groups excluding carboxylic acids is 2. The molecule has 0 aliphatic carbocycles. The Hall–Kier alpha value is -4.25. The maximum Gasteiger partial charge on any atom is 0.340 e. The molecule has 0 unspecified atom stereocenters. The van der Waals surface area contributed by atoms with Crippen molar-refractivity contribution in [2.45, 2.75) is 26.4 Å². The lowest BCUT2D eigenvalue weighted by molar-refractivity contribution is 0.00708. The third kappa shape index (κ3) is 5.56. The third-order valence-electron chi connectivity index (χ3n) is 5.10. The molecule has 4 rings (SSSR count). The van der Waals surface area contributed by atoms with E-state index in [0.29, 0.717) is 5.69 Å². The summed E-state index contributed by atoms with van der Waals surface area (Å²) < 4.78 is 5.56. The van der Waals surface area contributed by atoms with Crippen LogP contribution in [0.15, 0.2) is 97.2 Å². The Morgan fingerprint density at radius 3 is 1.88 bits per heavy atom. The molecule has 0 saturated heterocycles. The maximum absolute atomic E-state index is 13.0. The quantitative estimate of drug-likeness (QED) is 0.347. The summed E-state index contributed by atoms with van der Waals surface area (Å²) in [6.07, 6.45) is 1.67. The summed E-state index contributed by atoms with van der Waals surface area (Å²) >= 11 is 0. The Balaban J connectivity index is 1.64. The number of pyridine rings is 1. The van der Waals surface area contributed by atoms with Crippen molar-refractivity contribution in [1.29, 1.82) is 0 Å². The standard InChI is InChI=1S/C29H26N2O3/c1-29(2,3)34-28(33)24-16-14-22(20-10-6-4-7-11-20)18-26(24)31-27(32)25-17-15-23(19-30-25)21-12-8-5-9-13-21/h4-19H,1-3H3,(H,31,32). The number of ether oxygens (including phenoxy) is 1. The van der Waals surface area contributed by atoms with Crippen LogP contribution in [0.25, 0.3) is 22.3 Å². The van der Waals surface area contributed by atoms with Crippen molar-refractivity contribution in [2.75, 3.05) is 5.32 Å². The van der Waals surface area contributed by atoms with E-state index in [2.05, 4.69) is 10.3 Å². The Labute approximate surface area is 199 Å². The number of anilines is 1. The van der Waals surface area contributed by atoms with Crippen LogP contribution >= 0.6 is 0 Å². The molecule has 5 nitrogen and oxygen atoms in total. The summed E-state index contributed by atoms with van der Waals surface area (Å²) in [4.78, 5) is 30.2. The number of amides is 1. The number of nitrogens with zero attached hydrogens (tertiary/aromatic N) is 1. The highest BCUT2D eigenvalue weighted by Crippen LogP contribution is 2.28. The molecule has 0 radical (unpaired) electrons. The van der Waals surface area contributed by atoms with Gasteiger partial charge in [-0.2, -0.15) is 0 Å². The molecule has 0 fully saturated rings. The fourth-order valence-electron chi connectivity index (χ4n) is 3.48. The van der Waals surface area contributed by atoms with Gasteiger partial charge in [-0.25, -0.2) is 4.79 Å². The first-order valence-electron chi connectivity index (χ1n) is 11.1. The highest BCUT2D eigenvalue weighted by Gasteiger charge is 2.22. The van der Waals surface area contributed by atoms with Gasteiger partial charge >= 0.3 is 5.97 Å². The lowest BCUT2D eigenvalue weighted by Crippen LogP contribution is -2.25.